The lowest BCUT2D eigenvalue weighted by molar-refractivity contribution is -0.107. The van der Waals surface area contributed by atoms with Gasteiger partial charge in [0, 0.05) is 11.8 Å². The van der Waals surface area contributed by atoms with E-state index in [9.17, 15) is 4.79 Å². The summed E-state index contributed by atoms with van der Waals surface area (Å²) < 4.78 is 0.771. The summed E-state index contributed by atoms with van der Waals surface area (Å²) in [6.45, 7) is 0. The fourth-order valence-corrected chi connectivity index (χ4v) is 1.94. The average molecular weight is 250 g/mol. The van der Waals surface area contributed by atoms with Crippen molar-refractivity contribution in [2.75, 3.05) is 0 Å². The number of aromatic nitrogens is 1. The minimum Gasteiger partial charge on any atom is -0.303 e. The second kappa shape index (κ2) is 3.88. The van der Waals surface area contributed by atoms with Crippen molar-refractivity contribution < 1.29 is 4.79 Å². The number of hydrogen-bond acceptors (Lipinski definition) is 2. The van der Waals surface area contributed by atoms with Crippen molar-refractivity contribution in [2.45, 2.75) is 6.42 Å². The summed E-state index contributed by atoms with van der Waals surface area (Å²) in [6.07, 6.45) is 1.34. The van der Waals surface area contributed by atoms with E-state index in [4.69, 9.17) is 0 Å². The van der Waals surface area contributed by atoms with Crippen LogP contribution in [0.2, 0.25) is 0 Å². The molecular weight excluding hydrogens is 242 g/mol. The van der Waals surface area contributed by atoms with Crippen LogP contribution in [0.1, 0.15) is 5.56 Å². The van der Waals surface area contributed by atoms with Crippen LogP contribution in [0.25, 0.3) is 10.9 Å². The Hall–Kier alpha value is -1.22. The zero-order chi connectivity index (χ0) is 9.97. The first kappa shape index (κ1) is 9.34. The Kier molecular flexibility index (Phi) is 2.59. The van der Waals surface area contributed by atoms with Gasteiger partial charge in [0.1, 0.15) is 10.9 Å². The SMILES string of the molecule is O=CCc1cc(Br)nc2ccccc12. The van der Waals surface area contributed by atoms with Gasteiger partial charge in [-0.25, -0.2) is 4.98 Å². The van der Waals surface area contributed by atoms with Crippen molar-refractivity contribution in [2.24, 2.45) is 0 Å². The van der Waals surface area contributed by atoms with Crippen molar-refractivity contribution in [1.29, 1.82) is 0 Å². The van der Waals surface area contributed by atoms with Gasteiger partial charge >= 0.3 is 0 Å². The Labute approximate surface area is 90.1 Å². The van der Waals surface area contributed by atoms with E-state index in [1.54, 1.807) is 0 Å². The number of carbonyl (C=O) groups is 1. The molecule has 0 saturated carbocycles. The van der Waals surface area contributed by atoms with Gasteiger partial charge < -0.3 is 4.79 Å². The van der Waals surface area contributed by atoms with Gasteiger partial charge in [0.05, 0.1) is 5.52 Å². The highest BCUT2D eigenvalue weighted by atomic mass is 79.9. The highest BCUT2D eigenvalue weighted by Crippen LogP contribution is 2.20. The summed E-state index contributed by atoms with van der Waals surface area (Å²) in [4.78, 5) is 14.8. The van der Waals surface area contributed by atoms with Gasteiger partial charge in [0.25, 0.3) is 0 Å². The number of halogens is 1. The molecule has 0 spiro atoms. The number of para-hydroxylation sites is 1. The molecule has 3 heteroatoms. The number of rotatable bonds is 2. The maximum absolute atomic E-state index is 10.5. The maximum atomic E-state index is 10.5. The van der Waals surface area contributed by atoms with E-state index in [-0.39, 0.29) is 0 Å². The standard InChI is InChI=1S/C11H8BrNO/c12-11-7-8(5-6-14)9-3-1-2-4-10(9)13-11/h1-4,6-7H,5H2. The second-order valence-electron chi connectivity index (χ2n) is 2.99. The van der Waals surface area contributed by atoms with Crippen LogP contribution >= 0.6 is 15.9 Å². The summed E-state index contributed by atoms with van der Waals surface area (Å²) in [5.41, 5.74) is 1.93. The summed E-state index contributed by atoms with van der Waals surface area (Å²) in [6, 6.07) is 9.69. The smallest absolute Gasteiger partial charge is 0.124 e. The van der Waals surface area contributed by atoms with Crippen molar-refractivity contribution in [3.05, 3.63) is 40.5 Å². The van der Waals surface area contributed by atoms with E-state index in [1.165, 1.54) is 0 Å². The van der Waals surface area contributed by atoms with Gasteiger partial charge in [0.2, 0.25) is 0 Å². The molecule has 0 amide bonds. The third-order valence-corrected chi connectivity index (χ3v) is 2.48. The van der Waals surface area contributed by atoms with Gasteiger partial charge in [-0.2, -0.15) is 0 Å². The molecule has 1 aromatic carbocycles. The highest BCUT2D eigenvalue weighted by Gasteiger charge is 2.02. The number of benzene rings is 1. The molecule has 2 rings (SSSR count). The summed E-state index contributed by atoms with van der Waals surface area (Å²) >= 11 is 3.33. The Balaban J connectivity index is 2.73. The number of fused-ring (bicyclic) bond motifs is 1. The lowest BCUT2D eigenvalue weighted by Gasteiger charge is -2.03. The monoisotopic (exact) mass is 249 g/mol. The summed E-state index contributed by atoms with van der Waals surface area (Å²) in [7, 11) is 0. The number of hydrogen-bond donors (Lipinski definition) is 0. The zero-order valence-electron chi connectivity index (χ0n) is 7.40. The van der Waals surface area contributed by atoms with Crippen molar-refractivity contribution in [3.63, 3.8) is 0 Å². The molecule has 14 heavy (non-hydrogen) atoms. The fraction of sp³-hybridized carbons (Fsp3) is 0.0909. The van der Waals surface area contributed by atoms with E-state index in [0.29, 0.717) is 6.42 Å². The number of aldehydes is 1. The number of pyridine rings is 1. The Morgan fingerprint density at radius 3 is 2.93 bits per heavy atom. The summed E-state index contributed by atoms with van der Waals surface area (Å²) in [5, 5.41) is 1.04. The third kappa shape index (κ3) is 1.68. The molecule has 0 saturated heterocycles. The normalized spacial score (nSPS) is 10.4. The lowest BCUT2D eigenvalue weighted by atomic mass is 10.1. The van der Waals surface area contributed by atoms with Gasteiger partial charge in [0.15, 0.2) is 0 Å². The molecule has 0 aliphatic rings. The van der Waals surface area contributed by atoms with Crippen molar-refractivity contribution in [1.82, 2.24) is 4.98 Å². The molecule has 0 aliphatic heterocycles. The molecule has 1 heterocycles. The molecule has 0 bridgehead atoms. The van der Waals surface area contributed by atoms with Crippen molar-refractivity contribution in [3.8, 4) is 0 Å². The van der Waals surface area contributed by atoms with Crippen molar-refractivity contribution >= 4 is 33.1 Å². The third-order valence-electron chi connectivity index (χ3n) is 2.07. The average Bonchev–Trinajstić information content (AvgIpc) is 2.18. The lowest BCUT2D eigenvalue weighted by Crippen LogP contribution is -1.90. The predicted octanol–water partition coefficient (Wildman–Crippen LogP) is 2.74. The fourth-order valence-electron chi connectivity index (χ4n) is 1.47. The predicted molar refractivity (Wildman–Crippen MR) is 59.2 cm³/mol. The molecule has 2 nitrogen and oxygen atoms in total. The first-order valence-electron chi connectivity index (χ1n) is 4.29. The van der Waals surface area contributed by atoms with Crippen LogP contribution < -0.4 is 0 Å². The van der Waals surface area contributed by atoms with Crippen LogP contribution in [-0.2, 0) is 11.2 Å². The van der Waals surface area contributed by atoms with E-state index < -0.39 is 0 Å². The molecule has 0 aliphatic carbocycles. The van der Waals surface area contributed by atoms with E-state index >= 15 is 0 Å². The largest absolute Gasteiger partial charge is 0.303 e. The molecule has 0 unspecified atom stereocenters. The van der Waals surface area contributed by atoms with Crippen LogP contribution in [-0.4, -0.2) is 11.3 Å². The minimum absolute atomic E-state index is 0.432. The van der Waals surface area contributed by atoms with Crippen LogP contribution in [0.4, 0.5) is 0 Å². The maximum Gasteiger partial charge on any atom is 0.124 e. The van der Waals surface area contributed by atoms with Crippen LogP contribution in [0.5, 0.6) is 0 Å². The molecular formula is C11H8BrNO. The van der Waals surface area contributed by atoms with Crippen LogP contribution in [0.3, 0.4) is 0 Å². The van der Waals surface area contributed by atoms with E-state index in [2.05, 4.69) is 20.9 Å². The van der Waals surface area contributed by atoms with Crippen LogP contribution in [0, 0.1) is 0 Å². The molecule has 0 N–H and O–H groups in total. The number of nitrogens with zero attached hydrogens (tertiary/aromatic N) is 1. The highest BCUT2D eigenvalue weighted by molar-refractivity contribution is 9.10. The first-order chi connectivity index (χ1) is 6.81. The zero-order valence-corrected chi connectivity index (χ0v) is 8.99. The van der Waals surface area contributed by atoms with Crippen LogP contribution in [0.15, 0.2) is 34.9 Å². The van der Waals surface area contributed by atoms with Gasteiger partial charge in [-0.15, -0.1) is 0 Å². The Morgan fingerprint density at radius 1 is 1.36 bits per heavy atom. The van der Waals surface area contributed by atoms with Gasteiger partial charge in [-0.05, 0) is 33.6 Å². The minimum atomic E-state index is 0.432. The van der Waals surface area contributed by atoms with Gasteiger partial charge in [-0.3, -0.25) is 0 Å². The van der Waals surface area contributed by atoms with E-state index in [0.717, 1.165) is 27.4 Å². The molecule has 0 atom stereocenters. The van der Waals surface area contributed by atoms with E-state index in [1.807, 2.05) is 30.3 Å². The Morgan fingerprint density at radius 2 is 2.14 bits per heavy atom. The Bertz CT molecular complexity index is 482. The van der Waals surface area contributed by atoms with Gasteiger partial charge in [-0.1, -0.05) is 18.2 Å². The molecule has 1 aromatic heterocycles. The first-order valence-corrected chi connectivity index (χ1v) is 5.08. The molecule has 70 valence electrons. The molecule has 0 fully saturated rings. The topological polar surface area (TPSA) is 30.0 Å². The molecule has 2 aromatic rings. The molecule has 0 radical (unpaired) electrons. The summed E-state index contributed by atoms with van der Waals surface area (Å²) in [5.74, 6) is 0. The quantitative estimate of drug-likeness (QED) is 0.606. The number of carbonyl (C=O) groups excluding carboxylic acids is 1. The second-order valence-corrected chi connectivity index (χ2v) is 3.80.